The highest BCUT2D eigenvalue weighted by Gasteiger charge is 2.13. The third-order valence-electron chi connectivity index (χ3n) is 2.59. The maximum absolute atomic E-state index is 11.2. The Balaban J connectivity index is 2.34. The lowest BCUT2D eigenvalue weighted by Gasteiger charge is -2.03. The van der Waals surface area contributed by atoms with Crippen LogP contribution in [0.4, 0.5) is 0 Å². The van der Waals surface area contributed by atoms with E-state index in [9.17, 15) is 4.79 Å². The van der Waals surface area contributed by atoms with Crippen LogP contribution in [0.5, 0.6) is 5.88 Å². The molecule has 5 heteroatoms. The minimum atomic E-state index is -0.135. The van der Waals surface area contributed by atoms with Crippen molar-refractivity contribution in [2.75, 3.05) is 13.2 Å². The molecule has 0 saturated heterocycles. The normalized spacial score (nSPS) is 10.4. The van der Waals surface area contributed by atoms with E-state index < -0.39 is 0 Å². The predicted molar refractivity (Wildman–Crippen MR) is 66.6 cm³/mol. The number of hydrogen-bond donors (Lipinski definition) is 0. The summed E-state index contributed by atoms with van der Waals surface area (Å²) in [6.45, 7) is 6.61. The third-order valence-corrected chi connectivity index (χ3v) is 2.59. The van der Waals surface area contributed by atoms with E-state index in [0.29, 0.717) is 25.5 Å². The molecule has 5 nitrogen and oxygen atoms in total. The number of carbonyl (C=O) groups is 1. The van der Waals surface area contributed by atoms with Crippen LogP contribution in [0.1, 0.15) is 44.4 Å². The van der Waals surface area contributed by atoms with Crippen LogP contribution in [0.3, 0.4) is 0 Å². The summed E-state index contributed by atoms with van der Waals surface area (Å²) in [7, 11) is 0. The molecule has 0 unspecified atom stereocenters. The first kappa shape index (κ1) is 14.5. The SMILES string of the molecule is CCOC(=O)CCCCc1c(OCC)noc1C. The summed E-state index contributed by atoms with van der Waals surface area (Å²) in [5.74, 6) is 1.23. The molecule has 0 aliphatic rings. The quantitative estimate of drug-likeness (QED) is 0.528. The van der Waals surface area contributed by atoms with E-state index in [1.165, 1.54) is 0 Å². The molecule has 0 spiro atoms. The highest BCUT2D eigenvalue weighted by atomic mass is 16.5. The zero-order valence-corrected chi connectivity index (χ0v) is 11.3. The van der Waals surface area contributed by atoms with Crippen molar-refractivity contribution in [1.82, 2.24) is 5.16 Å². The molecular weight excluding hydrogens is 234 g/mol. The lowest BCUT2D eigenvalue weighted by Crippen LogP contribution is -2.03. The molecule has 0 saturated carbocycles. The summed E-state index contributed by atoms with van der Waals surface area (Å²) >= 11 is 0. The molecule has 18 heavy (non-hydrogen) atoms. The molecule has 102 valence electrons. The zero-order valence-electron chi connectivity index (χ0n) is 11.3. The van der Waals surface area contributed by atoms with Crippen molar-refractivity contribution in [3.63, 3.8) is 0 Å². The Bertz CT molecular complexity index is 373. The van der Waals surface area contributed by atoms with E-state index in [1.807, 2.05) is 20.8 Å². The van der Waals surface area contributed by atoms with Crippen molar-refractivity contribution in [2.45, 2.75) is 46.5 Å². The van der Waals surface area contributed by atoms with Crippen LogP contribution in [0.25, 0.3) is 0 Å². The summed E-state index contributed by atoms with van der Waals surface area (Å²) in [6, 6.07) is 0. The Morgan fingerprint density at radius 1 is 1.28 bits per heavy atom. The van der Waals surface area contributed by atoms with Crippen LogP contribution in [0.15, 0.2) is 4.52 Å². The van der Waals surface area contributed by atoms with Crippen LogP contribution in [0.2, 0.25) is 0 Å². The van der Waals surface area contributed by atoms with Crippen molar-refractivity contribution in [2.24, 2.45) is 0 Å². The second-order valence-electron chi connectivity index (χ2n) is 3.97. The fraction of sp³-hybridized carbons (Fsp3) is 0.692. The van der Waals surface area contributed by atoms with Gasteiger partial charge in [-0.1, -0.05) is 0 Å². The Morgan fingerprint density at radius 3 is 2.72 bits per heavy atom. The molecule has 0 amide bonds. The largest absolute Gasteiger partial charge is 0.476 e. The van der Waals surface area contributed by atoms with E-state index >= 15 is 0 Å². The van der Waals surface area contributed by atoms with Gasteiger partial charge in [-0.2, -0.15) is 0 Å². The van der Waals surface area contributed by atoms with E-state index in [4.69, 9.17) is 14.0 Å². The molecule has 0 fully saturated rings. The monoisotopic (exact) mass is 255 g/mol. The van der Waals surface area contributed by atoms with E-state index in [0.717, 1.165) is 30.6 Å². The van der Waals surface area contributed by atoms with Crippen molar-refractivity contribution in [1.29, 1.82) is 0 Å². The minimum absolute atomic E-state index is 0.135. The van der Waals surface area contributed by atoms with Crippen LogP contribution < -0.4 is 4.74 Å². The molecule has 1 aromatic heterocycles. The highest BCUT2D eigenvalue weighted by Crippen LogP contribution is 2.23. The van der Waals surface area contributed by atoms with Gasteiger partial charge in [-0.25, -0.2) is 0 Å². The fourth-order valence-corrected chi connectivity index (χ4v) is 1.71. The second kappa shape index (κ2) is 7.74. The van der Waals surface area contributed by atoms with Crippen LogP contribution >= 0.6 is 0 Å². The number of unbranched alkanes of at least 4 members (excludes halogenated alkanes) is 1. The van der Waals surface area contributed by atoms with E-state index in [-0.39, 0.29) is 5.97 Å². The topological polar surface area (TPSA) is 61.6 Å². The molecule has 0 atom stereocenters. The molecule has 0 bridgehead atoms. The van der Waals surface area contributed by atoms with E-state index in [1.54, 1.807) is 0 Å². The van der Waals surface area contributed by atoms with Crippen molar-refractivity contribution < 1.29 is 18.8 Å². The molecule has 0 N–H and O–H groups in total. The zero-order chi connectivity index (χ0) is 13.4. The van der Waals surface area contributed by atoms with Gasteiger partial charge in [0.15, 0.2) is 0 Å². The van der Waals surface area contributed by atoms with Crippen LogP contribution in [0, 0.1) is 6.92 Å². The minimum Gasteiger partial charge on any atom is -0.476 e. The summed E-state index contributed by atoms with van der Waals surface area (Å²) in [6.07, 6.45) is 2.96. The van der Waals surface area contributed by atoms with Gasteiger partial charge in [0.1, 0.15) is 5.76 Å². The number of aryl methyl sites for hydroxylation is 1. The number of ether oxygens (including phenoxy) is 2. The molecule has 1 rings (SSSR count). The number of aromatic nitrogens is 1. The Labute approximate surface area is 107 Å². The summed E-state index contributed by atoms with van der Waals surface area (Å²) < 4.78 is 15.3. The molecule has 0 aromatic carbocycles. The lowest BCUT2D eigenvalue weighted by molar-refractivity contribution is -0.143. The van der Waals surface area contributed by atoms with Gasteiger partial charge in [-0.15, -0.1) is 0 Å². The molecule has 1 heterocycles. The maximum atomic E-state index is 11.2. The van der Waals surface area contributed by atoms with Gasteiger partial charge >= 0.3 is 5.97 Å². The number of carbonyl (C=O) groups excluding carboxylic acids is 1. The predicted octanol–water partition coefficient (Wildman–Crippen LogP) is 2.66. The number of hydrogen-bond acceptors (Lipinski definition) is 5. The van der Waals surface area contributed by atoms with Gasteiger partial charge in [0, 0.05) is 6.42 Å². The van der Waals surface area contributed by atoms with Crippen LogP contribution in [-0.4, -0.2) is 24.3 Å². The number of esters is 1. The van der Waals surface area contributed by atoms with Gasteiger partial charge in [0.2, 0.25) is 0 Å². The maximum Gasteiger partial charge on any atom is 0.305 e. The average Bonchev–Trinajstić information content (AvgIpc) is 2.67. The standard InChI is InChI=1S/C13H21NO4/c1-4-16-12(15)9-7-6-8-11-10(3)18-14-13(11)17-5-2/h4-9H2,1-3H3. The van der Waals surface area contributed by atoms with Crippen molar-refractivity contribution >= 4 is 5.97 Å². The van der Waals surface area contributed by atoms with Gasteiger partial charge in [-0.05, 0) is 45.2 Å². The van der Waals surface area contributed by atoms with Crippen molar-refractivity contribution in [3.05, 3.63) is 11.3 Å². The Kier molecular flexibility index (Phi) is 6.25. The van der Waals surface area contributed by atoms with Gasteiger partial charge in [0.05, 0.1) is 18.8 Å². The third kappa shape index (κ3) is 4.39. The van der Waals surface area contributed by atoms with Gasteiger partial charge in [0.25, 0.3) is 5.88 Å². The average molecular weight is 255 g/mol. The first-order valence-electron chi connectivity index (χ1n) is 6.42. The van der Waals surface area contributed by atoms with Crippen molar-refractivity contribution in [3.8, 4) is 5.88 Å². The highest BCUT2D eigenvalue weighted by molar-refractivity contribution is 5.69. The van der Waals surface area contributed by atoms with E-state index in [2.05, 4.69) is 5.16 Å². The fourth-order valence-electron chi connectivity index (χ4n) is 1.71. The Hall–Kier alpha value is -1.52. The second-order valence-corrected chi connectivity index (χ2v) is 3.97. The molecule has 0 aliphatic heterocycles. The summed E-state index contributed by atoms with van der Waals surface area (Å²) in [4.78, 5) is 11.2. The molecular formula is C13H21NO4. The van der Waals surface area contributed by atoms with Gasteiger partial charge in [-0.3, -0.25) is 4.79 Å². The lowest BCUT2D eigenvalue weighted by atomic mass is 10.1. The van der Waals surface area contributed by atoms with Gasteiger partial charge < -0.3 is 14.0 Å². The summed E-state index contributed by atoms with van der Waals surface area (Å²) in [5.41, 5.74) is 1.00. The molecule has 0 radical (unpaired) electrons. The number of rotatable bonds is 8. The van der Waals surface area contributed by atoms with Crippen LogP contribution in [-0.2, 0) is 16.0 Å². The molecule has 0 aliphatic carbocycles. The first-order chi connectivity index (χ1) is 8.69. The molecule has 1 aromatic rings. The first-order valence-corrected chi connectivity index (χ1v) is 6.42. The number of nitrogens with zero attached hydrogens (tertiary/aromatic N) is 1. The smallest absolute Gasteiger partial charge is 0.305 e. The summed E-state index contributed by atoms with van der Waals surface area (Å²) in [5, 5.41) is 3.86. The Morgan fingerprint density at radius 2 is 2.06 bits per heavy atom.